The van der Waals surface area contributed by atoms with Crippen molar-refractivity contribution in [3.8, 4) is 0 Å². The molecular formula is C21H38F2O4Si. The molecule has 4 nitrogen and oxygen atoms in total. The van der Waals surface area contributed by atoms with E-state index in [4.69, 9.17) is 9.16 Å². The van der Waals surface area contributed by atoms with Gasteiger partial charge in [0.15, 0.2) is 9.04 Å². The molecule has 7 heteroatoms. The third-order valence-electron chi connectivity index (χ3n) is 6.33. The summed E-state index contributed by atoms with van der Waals surface area (Å²) in [6.07, 6.45) is 0.714. The molecule has 1 aliphatic heterocycles. The van der Waals surface area contributed by atoms with E-state index >= 15 is 0 Å². The maximum absolute atomic E-state index is 14.9. The summed E-state index contributed by atoms with van der Waals surface area (Å²) in [6.45, 7) is 11.5. The predicted molar refractivity (Wildman–Crippen MR) is 108 cm³/mol. The van der Waals surface area contributed by atoms with Crippen molar-refractivity contribution in [3.63, 3.8) is 0 Å². The van der Waals surface area contributed by atoms with E-state index in [0.29, 0.717) is 32.1 Å². The first kappa shape index (κ1) is 23.7. The fraction of sp³-hybridized carbons (Fsp3) is 0.952. The number of carbonyl (C=O) groups excluding carboxylic acids is 1. The van der Waals surface area contributed by atoms with Crippen molar-refractivity contribution in [3.05, 3.63) is 0 Å². The quantitative estimate of drug-likeness (QED) is 0.439. The Hall–Kier alpha value is -0.533. The molecule has 0 radical (unpaired) electrons. The zero-order chi connectivity index (χ0) is 21.3. The Kier molecular flexibility index (Phi) is 7.70. The molecule has 0 amide bonds. The normalized spacial score (nSPS) is 30.4. The van der Waals surface area contributed by atoms with Crippen LogP contribution in [-0.2, 0) is 14.0 Å². The second kappa shape index (κ2) is 9.09. The molecule has 28 heavy (non-hydrogen) atoms. The highest BCUT2D eigenvalue weighted by Crippen LogP contribution is 2.48. The summed E-state index contributed by atoms with van der Waals surface area (Å²) in [6, 6.07) is 0. The van der Waals surface area contributed by atoms with Gasteiger partial charge in [-0.1, -0.05) is 34.1 Å². The lowest BCUT2D eigenvalue weighted by Gasteiger charge is -2.39. The minimum absolute atomic E-state index is 0.0653. The van der Waals surface area contributed by atoms with Crippen molar-refractivity contribution in [2.75, 3.05) is 0 Å². The van der Waals surface area contributed by atoms with Crippen LogP contribution in [0.3, 0.4) is 0 Å². The summed E-state index contributed by atoms with van der Waals surface area (Å²) in [7, 11) is -1.45. The van der Waals surface area contributed by atoms with Crippen molar-refractivity contribution in [1.29, 1.82) is 0 Å². The number of aliphatic hydroxyl groups is 1. The summed E-state index contributed by atoms with van der Waals surface area (Å²) in [5, 5.41) is 10.6. The van der Waals surface area contributed by atoms with E-state index in [1.165, 1.54) is 0 Å². The summed E-state index contributed by atoms with van der Waals surface area (Å²) in [5.41, 5.74) is -0.526. The second-order valence-electron chi connectivity index (χ2n) is 10.0. The van der Waals surface area contributed by atoms with Crippen LogP contribution in [0.1, 0.15) is 66.2 Å². The van der Waals surface area contributed by atoms with E-state index in [0.717, 1.165) is 0 Å². The molecule has 1 unspecified atom stereocenters. The number of halogens is 2. The molecule has 0 spiro atoms. The van der Waals surface area contributed by atoms with E-state index in [2.05, 4.69) is 13.1 Å². The molecule has 0 aromatic heterocycles. The van der Waals surface area contributed by atoms with Crippen LogP contribution in [0.15, 0.2) is 0 Å². The van der Waals surface area contributed by atoms with Gasteiger partial charge in [-0.25, -0.2) is 8.78 Å². The Balaban J connectivity index is 2.18. The van der Waals surface area contributed by atoms with Crippen LogP contribution in [0, 0.1) is 23.2 Å². The third-order valence-corrected chi connectivity index (χ3v) is 7.22. The molecular weight excluding hydrogens is 382 g/mol. The largest absolute Gasteiger partial charge is 0.462 e. The first-order chi connectivity index (χ1) is 12.9. The van der Waals surface area contributed by atoms with Crippen LogP contribution in [-0.4, -0.2) is 44.4 Å². The van der Waals surface area contributed by atoms with Crippen LogP contribution >= 0.6 is 0 Å². The van der Waals surface area contributed by atoms with Crippen LogP contribution in [0.2, 0.25) is 13.1 Å². The number of aliphatic hydroxyl groups excluding tert-OH is 1. The van der Waals surface area contributed by atoms with Gasteiger partial charge in [-0.15, -0.1) is 0 Å². The van der Waals surface area contributed by atoms with Gasteiger partial charge in [0.25, 0.3) is 5.92 Å². The number of alkyl halides is 2. The summed E-state index contributed by atoms with van der Waals surface area (Å²) in [4.78, 5) is 11.7. The first-order valence-corrected chi connectivity index (χ1v) is 13.6. The monoisotopic (exact) mass is 420 g/mol. The Morgan fingerprint density at radius 1 is 1.29 bits per heavy atom. The minimum Gasteiger partial charge on any atom is -0.462 e. The molecule has 2 rings (SSSR count). The Morgan fingerprint density at radius 2 is 1.93 bits per heavy atom. The molecule has 0 aromatic carbocycles. The zero-order valence-electron chi connectivity index (χ0n) is 18.2. The van der Waals surface area contributed by atoms with E-state index in [1.54, 1.807) is 6.92 Å². The van der Waals surface area contributed by atoms with Gasteiger partial charge in [0, 0.05) is 30.6 Å². The first-order valence-electron chi connectivity index (χ1n) is 10.8. The molecule has 0 aromatic rings. The molecule has 2 aliphatic rings. The molecule has 1 saturated carbocycles. The molecule has 6 atom stereocenters. The van der Waals surface area contributed by atoms with Crippen molar-refractivity contribution in [1.82, 2.24) is 0 Å². The van der Waals surface area contributed by atoms with Gasteiger partial charge in [-0.2, -0.15) is 0 Å². The zero-order valence-corrected chi connectivity index (χ0v) is 19.4. The number of esters is 1. The van der Waals surface area contributed by atoms with Gasteiger partial charge in [0.1, 0.15) is 6.10 Å². The fourth-order valence-electron chi connectivity index (χ4n) is 5.26. The highest BCUT2D eigenvalue weighted by atomic mass is 28.3. The van der Waals surface area contributed by atoms with E-state index in [-0.39, 0.29) is 36.4 Å². The predicted octanol–water partition coefficient (Wildman–Crippen LogP) is 4.55. The Morgan fingerprint density at radius 3 is 2.46 bits per heavy atom. The summed E-state index contributed by atoms with van der Waals surface area (Å²) in [5.74, 6) is -3.99. The molecule has 1 saturated heterocycles. The molecule has 1 heterocycles. The van der Waals surface area contributed by atoms with E-state index in [1.807, 2.05) is 20.8 Å². The van der Waals surface area contributed by atoms with Crippen molar-refractivity contribution >= 4 is 15.0 Å². The van der Waals surface area contributed by atoms with E-state index in [9.17, 15) is 18.7 Å². The number of rotatable bonds is 9. The Bertz CT molecular complexity index is 535. The molecule has 1 aliphatic carbocycles. The van der Waals surface area contributed by atoms with Gasteiger partial charge in [0.2, 0.25) is 0 Å². The highest BCUT2D eigenvalue weighted by molar-refractivity contribution is 6.48. The smallest absolute Gasteiger partial charge is 0.306 e. The number of hydrogen-bond acceptors (Lipinski definition) is 4. The third kappa shape index (κ3) is 5.54. The van der Waals surface area contributed by atoms with Gasteiger partial charge in [-0.05, 0) is 31.4 Å². The molecule has 164 valence electrons. The van der Waals surface area contributed by atoms with Gasteiger partial charge >= 0.3 is 5.97 Å². The van der Waals surface area contributed by atoms with Crippen molar-refractivity contribution < 1.29 is 27.8 Å². The lowest BCUT2D eigenvalue weighted by molar-refractivity contribution is -0.141. The second-order valence-corrected chi connectivity index (χ2v) is 12.4. The molecule has 1 N–H and O–H groups in total. The fourth-order valence-corrected chi connectivity index (χ4v) is 6.27. The van der Waals surface area contributed by atoms with Crippen LogP contribution in [0.5, 0.6) is 0 Å². The number of fused-ring (bicyclic) bond motifs is 1. The summed E-state index contributed by atoms with van der Waals surface area (Å²) < 4.78 is 41.3. The van der Waals surface area contributed by atoms with Crippen molar-refractivity contribution in [2.24, 2.45) is 23.2 Å². The van der Waals surface area contributed by atoms with Gasteiger partial charge in [-0.3, -0.25) is 4.79 Å². The van der Waals surface area contributed by atoms with Crippen LogP contribution in [0.25, 0.3) is 0 Å². The minimum atomic E-state index is -2.73. The maximum Gasteiger partial charge on any atom is 0.306 e. The van der Waals surface area contributed by atoms with Gasteiger partial charge < -0.3 is 14.3 Å². The van der Waals surface area contributed by atoms with Crippen LogP contribution < -0.4 is 0 Å². The number of carbonyl (C=O) groups is 1. The molecule has 2 fully saturated rings. The highest BCUT2D eigenvalue weighted by Gasteiger charge is 2.53. The SMILES string of the molecule is CCCC(F)(F)C(CC[C@@H](O[SiH](C)C)[C@@H]1[C@H]2CC(=O)O[C@H]2C[C@H]1O)C(C)(C)C. The summed E-state index contributed by atoms with van der Waals surface area (Å²) >= 11 is 0. The lowest BCUT2D eigenvalue weighted by atomic mass is 9.72. The van der Waals surface area contributed by atoms with Crippen molar-refractivity contribution in [2.45, 2.75) is 104 Å². The standard InChI is InChI=1S/C21H38F2O4Si/c1-7-10-21(22,23)17(20(2,3)4)9-8-15(27-28(5)6)19-13-11-18(25)26-16(13)12-14(19)24/h13-17,19,24,28H,7-12H2,1-6H3/t13-,14+,15+,16-,17?,19+/m0/s1. The average Bonchev–Trinajstić information content (AvgIpc) is 2.98. The average molecular weight is 421 g/mol. The van der Waals surface area contributed by atoms with Crippen LogP contribution in [0.4, 0.5) is 8.78 Å². The lowest BCUT2D eigenvalue weighted by Crippen LogP contribution is -2.41. The van der Waals surface area contributed by atoms with Gasteiger partial charge in [0.05, 0.1) is 18.6 Å². The van der Waals surface area contributed by atoms with E-state index < -0.39 is 32.4 Å². The molecule has 0 bridgehead atoms. The maximum atomic E-state index is 14.9. The Labute approximate surface area is 170 Å². The number of ether oxygens (including phenoxy) is 1. The number of hydrogen-bond donors (Lipinski definition) is 1. The topological polar surface area (TPSA) is 55.8 Å².